The lowest BCUT2D eigenvalue weighted by atomic mass is 9.98. The lowest BCUT2D eigenvalue weighted by Gasteiger charge is -2.42. The first-order valence-electron chi connectivity index (χ1n) is 15.2. The number of nitrogens with zero attached hydrogens (tertiary/aromatic N) is 4. The molecule has 4 heterocycles. The Bertz CT molecular complexity index is 1500. The molecule has 1 aromatic heterocycles. The molecule has 2 fully saturated rings. The van der Waals surface area contributed by atoms with Crippen molar-refractivity contribution in [1.29, 1.82) is 5.26 Å². The van der Waals surface area contributed by atoms with E-state index in [-0.39, 0.29) is 17.6 Å². The van der Waals surface area contributed by atoms with E-state index in [4.69, 9.17) is 16.3 Å². The fourth-order valence-electron chi connectivity index (χ4n) is 6.30. The van der Waals surface area contributed by atoms with Crippen LogP contribution in [0.4, 0.5) is 11.4 Å². The van der Waals surface area contributed by atoms with Crippen LogP contribution < -0.4 is 21.6 Å². The predicted octanol–water partition coefficient (Wildman–Crippen LogP) is 5.93. The first kappa shape index (κ1) is 29.5. The van der Waals surface area contributed by atoms with Gasteiger partial charge < -0.3 is 20.8 Å². The number of anilines is 2. The monoisotopic (exact) mass is 600 g/mol. The molecule has 0 radical (unpaired) electrons. The van der Waals surface area contributed by atoms with Gasteiger partial charge in [-0.25, -0.2) is 0 Å². The maximum Gasteiger partial charge on any atom is 0.103 e. The summed E-state index contributed by atoms with van der Waals surface area (Å²) >= 11 is 6.84. The molecule has 0 unspecified atom stereocenters. The van der Waals surface area contributed by atoms with Gasteiger partial charge in [0.25, 0.3) is 0 Å². The van der Waals surface area contributed by atoms with Crippen molar-refractivity contribution in [2.24, 2.45) is 0 Å². The number of pyridine rings is 1. The number of hydrogen-bond acceptors (Lipinski definition) is 9. The molecule has 2 saturated heterocycles. The maximum atomic E-state index is 9.93. The minimum atomic E-state index is -0.169. The van der Waals surface area contributed by atoms with E-state index in [1.165, 1.54) is 0 Å². The first-order chi connectivity index (χ1) is 20.8. The highest BCUT2D eigenvalue weighted by molar-refractivity contribution is 6.35. The van der Waals surface area contributed by atoms with Crippen LogP contribution in [-0.4, -0.2) is 58.8 Å². The molecule has 2 atom stereocenters. The molecule has 3 aromatic rings. The fraction of sp³-hybridized carbons (Fsp3) is 0.455. The first-order valence-corrected chi connectivity index (χ1v) is 15.6. The van der Waals surface area contributed by atoms with E-state index in [0.29, 0.717) is 28.8 Å². The highest BCUT2D eigenvalue weighted by Gasteiger charge is 2.32. The highest BCUT2D eigenvalue weighted by atomic mass is 35.5. The van der Waals surface area contributed by atoms with Gasteiger partial charge in [-0.15, -0.1) is 5.53 Å². The normalized spacial score (nSPS) is 20.8. The third-order valence-corrected chi connectivity index (χ3v) is 9.01. The summed E-state index contributed by atoms with van der Waals surface area (Å²) in [6, 6.07) is 17.0. The van der Waals surface area contributed by atoms with Crippen molar-refractivity contribution in [3.05, 3.63) is 76.7 Å². The number of piperidine rings is 1. The van der Waals surface area contributed by atoms with Gasteiger partial charge in [0.15, 0.2) is 0 Å². The number of nitrogens with one attached hydrogen (secondary N) is 4. The predicted molar refractivity (Wildman–Crippen MR) is 172 cm³/mol. The van der Waals surface area contributed by atoms with Crippen LogP contribution in [0.1, 0.15) is 63.6 Å². The molecule has 0 aliphatic carbocycles. The van der Waals surface area contributed by atoms with Crippen LogP contribution in [0.5, 0.6) is 0 Å². The summed E-state index contributed by atoms with van der Waals surface area (Å²) in [6.07, 6.45) is 7.94. The zero-order chi connectivity index (χ0) is 30.0. The van der Waals surface area contributed by atoms with Crippen LogP contribution in [0.3, 0.4) is 0 Å². The van der Waals surface area contributed by atoms with E-state index in [9.17, 15) is 5.26 Å². The average molecular weight is 601 g/mol. The third-order valence-electron chi connectivity index (χ3n) is 8.72. The van der Waals surface area contributed by atoms with Gasteiger partial charge in [0, 0.05) is 60.8 Å². The molecule has 9 nitrogen and oxygen atoms in total. The van der Waals surface area contributed by atoms with Crippen molar-refractivity contribution in [2.45, 2.75) is 70.1 Å². The summed E-state index contributed by atoms with van der Waals surface area (Å²) in [7, 11) is 0. The molecule has 226 valence electrons. The van der Waals surface area contributed by atoms with Crippen molar-refractivity contribution >= 4 is 33.9 Å². The van der Waals surface area contributed by atoms with Gasteiger partial charge in [0.2, 0.25) is 0 Å². The standard InChI is InChI=1S/C33H41ClN8O/c1-33(2,3)41-13-11-26(12-14-41)42-20-29(39-40-42)31(22-8-5-4-6-9-22)38-25-16-27-30(37-24-10-7-15-43-21-24)23(18-35)19-36-32(27)28(34)17-25/h4-6,8-9,16-17,19-20,24,26,31,38-40H,7,10-15,21H2,1-3H3,(H,36,37)/t24-,31-/m0/s1. The third kappa shape index (κ3) is 6.53. The Morgan fingerprint density at radius 2 is 1.93 bits per heavy atom. The minimum Gasteiger partial charge on any atom is -0.379 e. The molecule has 6 rings (SSSR count). The van der Waals surface area contributed by atoms with Crippen LogP contribution in [0.15, 0.2) is 60.6 Å². The van der Waals surface area contributed by atoms with Gasteiger partial charge in [-0.2, -0.15) is 5.26 Å². The van der Waals surface area contributed by atoms with Gasteiger partial charge in [0.1, 0.15) is 6.07 Å². The second kappa shape index (κ2) is 12.6. The van der Waals surface area contributed by atoms with Crippen LogP contribution >= 0.6 is 11.6 Å². The SMILES string of the molecule is CC(C)(C)N1CCC(N2C=C([C@@H](Nc3cc(Cl)c4ncc(C#N)c(N[C@H]5CCCOC5)c4c3)c3ccccc3)NN2)CC1. The molecule has 3 aliphatic rings. The maximum absolute atomic E-state index is 9.93. The Labute approximate surface area is 259 Å². The molecule has 4 N–H and O–H groups in total. The Morgan fingerprint density at radius 1 is 1.14 bits per heavy atom. The van der Waals surface area contributed by atoms with E-state index >= 15 is 0 Å². The Balaban J connectivity index is 1.30. The van der Waals surface area contributed by atoms with Crippen molar-refractivity contribution in [1.82, 2.24) is 25.9 Å². The van der Waals surface area contributed by atoms with Gasteiger partial charge in [-0.05, 0) is 64.2 Å². The van der Waals surface area contributed by atoms with Crippen molar-refractivity contribution < 1.29 is 4.74 Å². The zero-order valence-corrected chi connectivity index (χ0v) is 25.9. The molecule has 0 saturated carbocycles. The molecule has 10 heteroatoms. The van der Waals surface area contributed by atoms with Gasteiger partial charge in [-0.3, -0.25) is 14.9 Å². The van der Waals surface area contributed by atoms with Gasteiger partial charge in [-0.1, -0.05) is 41.9 Å². The Hall–Kier alpha value is -3.55. The zero-order valence-electron chi connectivity index (χ0n) is 25.2. The van der Waals surface area contributed by atoms with Gasteiger partial charge >= 0.3 is 0 Å². The van der Waals surface area contributed by atoms with E-state index in [1.54, 1.807) is 6.20 Å². The number of hydrogen-bond donors (Lipinski definition) is 4. The summed E-state index contributed by atoms with van der Waals surface area (Å²) < 4.78 is 5.69. The second-order valence-electron chi connectivity index (χ2n) is 12.7. The minimum absolute atomic E-state index is 0.124. The molecule has 0 bridgehead atoms. The smallest absolute Gasteiger partial charge is 0.103 e. The number of hydrazine groups is 2. The van der Waals surface area contributed by atoms with Crippen LogP contribution in [0.25, 0.3) is 10.9 Å². The summed E-state index contributed by atoms with van der Waals surface area (Å²) in [5, 5.41) is 20.8. The fourth-order valence-corrected chi connectivity index (χ4v) is 6.56. The number of nitriles is 1. The summed E-state index contributed by atoms with van der Waals surface area (Å²) in [4.78, 5) is 7.11. The second-order valence-corrected chi connectivity index (χ2v) is 13.1. The molecule has 0 spiro atoms. The number of fused-ring (bicyclic) bond motifs is 1. The number of benzene rings is 2. The van der Waals surface area contributed by atoms with Crippen molar-refractivity contribution in [3.63, 3.8) is 0 Å². The summed E-state index contributed by atoms with van der Waals surface area (Å²) in [5.74, 6) is 0. The summed E-state index contributed by atoms with van der Waals surface area (Å²) in [6.45, 7) is 10.4. The van der Waals surface area contributed by atoms with E-state index in [1.807, 2.05) is 18.2 Å². The lowest BCUT2D eigenvalue weighted by molar-refractivity contribution is 0.0570. The molecule has 0 amide bonds. The number of aromatic nitrogens is 1. The number of rotatable bonds is 7. The molecular formula is C33H41ClN8O. The average Bonchev–Trinajstić information content (AvgIpc) is 3.51. The summed E-state index contributed by atoms with van der Waals surface area (Å²) in [5.41, 5.74) is 11.9. The van der Waals surface area contributed by atoms with Gasteiger partial charge in [0.05, 0.1) is 40.1 Å². The highest BCUT2D eigenvalue weighted by Crippen LogP contribution is 2.36. The molecule has 2 aromatic carbocycles. The molecule has 3 aliphatic heterocycles. The lowest BCUT2D eigenvalue weighted by Crippen LogP contribution is -2.52. The van der Waals surface area contributed by atoms with Crippen LogP contribution in [-0.2, 0) is 4.74 Å². The van der Waals surface area contributed by atoms with Crippen molar-refractivity contribution in [2.75, 3.05) is 36.9 Å². The number of ether oxygens (including phenoxy) is 1. The topological polar surface area (TPSA) is 101 Å². The largest absolute Gasteiger partial charge is 0.379 e. The van der Waals surface area contributed by atoms with Crippen LogP contribution in [0, 0.1) is 11.3 Å². The Morgan fingerprint density at radius 3 is 2.63 bits per heavy atom. The quantitative estimate of drug-likeness (QED) is 0.263. The molecule has 43 heavy (non-hydrogen) atoms. The van der Waals surface area contributed by atoms with Crippen LogP contribution in [0.2, 0.25) is 5.02 Å². The Kier molecular flexibility index (Phi) is 8.64. The van der Waals surface area contributed by atoms with Crippen molar-refractivity contribution in [3.8, 4) is 6.07 Å². The van der Waals surface area contributed by atoms with E-state index in [0.717, 1.165) is 73.4 Å². The number of halogens is 1. The van der Waals surface area contributed by atoms with E-state index in [2.05, 4.69) is 93.8 Å². The van der Waals surface area contributed by atoms with E-state index < -0.39 is 0 Å². The molecular weight excluding hydrogens is 560 g/mol. The number of likely N-dealkylation sites (tertiary alicyclic amines) is 1.